The van der Waals surface area contributed by atoms with Gasteiger partial charge in [-0.15, -0.1) is 0 Å². The molecule has 2 bridgehead atoms. The minimum Gasteiger partial charge on any atom is -0.359 e. The fraction of sp³-hybridized carbons (Fsp3) is 0.500. The van der Waals surface area contributed by atoms with Gasteiger partial charge in [0, 0.05) is 41.4 Å². The van der Waals surface area contributed by atoms with Crippen molar-refractivity contribution in [2.24, 2.45) is 11.8 Å². The van der Waals surface area contributed by atoms with Gasteiger partial charge in [-0.1, -0.05) is 91.9 Å². The number of carbonyl (C=O) groups is 3. The van der Waals surface area contributed by atoms with Crippen molar-refractivity contribution < 1.29 is 19.1 Å². The van der Waals surface area contributed by atoms with Crippen molar-refractivity contribution in [3.05, 3.63) is 76.3 Å². The Morgan fingerprint density at radius 1 is 1.05 bits per heavy atom. The number of likely N-dealkylation sites (tertiary alicyclic amines) is 1. The molecule has 3 amide bonds. The summed E-state index contributed by atoms with van der Waals surface area (Å²) in [5, 5.41) is 6.93. The number of hydrogen-bond acceptors (Lipinski definition) is 5. The van der Waals surface area contributed by atoms with Gasteiger partial charge in [0.25, 0.3) is 0 Å². The lowest BCUT2D eigenvalue weighted by molar-refractivity contribution is -0.141. The zero-order valence-corrected chi connectivity index (χ0v) is 26.5. The lowest BCUT2D eigenvalue weighted by Crippen LogP contribution is -2.56. The van der Waals surface area contributed by atoms with Gasteiger partial charge in [0.05, 0.1) is 17.9 Å². The highest BCUT2D eigenvalue weighted by Crippen LogP contribution is 2.55. The number of halogens is 2. The lowest BCUT2D eigenvalue weighted by atomic mass is 9.74. The summed E-state index contributed by atoms with van der Waals surface area (Å²) >= 11 is 12.3. The van der Waals surface area contributed by atoms with Crippen LogP contribution in [0.2, 0.25) is 10.0 Å². The highest BCUT2D eigenvalue weighted by Gasteiger charge is 2.72. The van der Waals surface area contributed by atoms with Gasteiger partial charge in [-0.3, -0.25) is 19.3 Å². The molecule has 2 saturated heterocycles. The second-order valence-electron chi connectivity index (χ2n) is 12.4. The van der Waals surface area contributed by atoms with Crippen molar-refractivity contribution >= 4 is 46.6 Å². The fourth-order valence-electron chi connectivity index (χ4n) is 7.54. The summed E-state index contributed by atoms with van der Waals surface area (Å²) in [7, 11) is 0. The van der Waals surface area contributed by atoms with E-state index in [1.807, 2.05) is 30.4 Å². The monoisotopic (exact) mass is 638 g/mol. The van der Waals surface area contributed by atoms with Gasteiger partial charge in [0.15, 0.2) is 0 Å². The number of rotatable bonds is 11. The third-order valence-electron chi connectivity index (χ3n) is 9.58. The number of benzene rings is 2. The van der Waals surface area contributed by atoms with Crippen LogP contribution >= 0.6 is 23.2 Å². The van der Waals surface area contributed by atoms with Crippen LogP contribution in [-0.4, -0.2) is 70.9 Å². The van der Waals surface area contributed by atoms with E-state index in [0.29, 0.717) is 28.7 Å². The number of anilines is 1. The molecular weight excluding hydrogens is 599 g/mol. The number of nitrogens with one attached hydrogen (secondary N) is 2. The van der Waals surface area contributed by atoms with Crippen LogP contribution in [0.4, 0.5) is 5.69 Å². The van der Waals surface area contributed by atoms with E-state index in [-0.39, 0.29) is 23.8 Å². The van der Waals surface area contributed by atoms with Gasteiger partial charge in [-0.05, 0) is 49.6 Å². The zero-order chi connectivity index (χ0) is 30.8. The lowest BCUT2D eigenvalue weighted by Gasteiger charge is -2.34. The number of hydrogen-bond donors (Lipinski definition) is 2. The molecule has 0 unspecified atom stereocenters. The fourth-order valence-corrected chi connectivity index (χ4v) is 8.07. The highest BCUT2D eigenvalue weighted by molar-refractivity contribution is 6.35. The van der Waals surface area contributed by atoms with Crippen molar-refractivity contribution in [1.82, 2.24) is 15.1 Å². The third-order valence-corrected chi connectivity index (χ3v) is 10.0. The molecular formula is C34H40Cl2N4O4. The smallest absolute Gasteiger partial charge is 0.246 e. The van der Waals surface area contributed by atoms with Crippen molar-refractivity contribution in [1.29, 1.82) is 0 Å². The Kier molecular flexibility index (Phi) is 9.34. The van der Waals surface area contributed by atoms with Crippen molar-refractivity contribution in [3.63, 3.8) is 0 Å². The van der Waals surface area contributed by atoms with Gasteiger partial charge in [-0.2, -0.15) is 0 Å². The Morgan fingerprint density at radius 3 is 2.48 bits per heavy atom. The summed E-state index contributed by atoms with van der Waals surface area (Å²) in [4.78, 5) is 46.1. The standard InChI is InChI=1S/C34H40Cl2N4O4/c1-2-39(21-22-10-5-3-6-11-22)16-9-17-40-30(32(42)37-25-12-7-4-8-13-25)34-15-14-27(44-34)28(29(34)33(40)43)31(41)38-26-19-23(35)18-24(36)20-26/h3,5-6,10-11,14-15,18-20,25,27-30H,2,4,7-9,12-13,16-17,21H2,1H3,(H,37,42)(H,38,41)/t27-,28-,29-,30-,34+/m1/s1. The molecule has 0 aromatic heterocycles. The summed E-state index contributed by atoms with van der Waals surface area (Å²) < 4.78 is 6.50. The van der Waals surface area contributed by atoms with Crippen LogP contribution in [-0.2, 0) is 25.7 Å². The van der Waals surface area contributed by atoms with Gasteiger partial charge in [0.1, 0.15) is 11.6 Å². The summed E-state index contributed by atoms with van der Waals surface area (Å²) in [6, 6.07) is 14.4. The highest BCUT2D eigenvalue weighted by atomic mass is 35.5. The van der Waals surface area contributed by atoms with Crippen molar-refractivity contribution in [3.8, 4) is 0 Å². The van der Waals surface area contributed by atoms with E-state index < -0.39 is 29.6 Å². The molecule has 1 saturated carbocycles. The number of amides is 3. The number of fused-ring (bicyclic) bond motifs is 1. The van der Waals surface area contributed by atoms with E-state index in [1.54, 1.807) is 23.1 Å². The average Bonchev–Trinajstić information content (AvgIpc) is 3.64. The largest absolute Gasteiger partial charge is 0.359 e. The molecule has 234 valence electrons. The van der Waals surface area contributed by atoms with Crippen LogP contribution in [0.15, 0.2) is 60.7 Å². The van der Waals surface area contributed by atoms with E-state index in [2.05, 4.69) is 34.6 Å². The summed E-state index contributed by atoms with van der Waals surface area (Å²) in [5.74, 6) is -2.36. The van der Waals surface area contributed by atoms with Crippen molar-refractivity contribution in [2.75, 3.05) is 25.0 Å². The van der Waals surface area contributed by atoms with E-state index in [1.165, 1.54) is 12.0 Å². The summed E-state index contributed by atoms with van der Waals surface area (Å²) in [5.41, 5.74) is 0.485. The molecule has 6 rings (SSSR count). The molecule has 44 heavy (non-hydrogen) atoms. The predicted molar refractivity (Wildman–Crippen MR) is 171 cm³/mol. The Balaban J connectivity index is 1.22. The van der Waals surface area contributed by atoms with Gasteiger partial charge >= 0.3 is 0 Å². The molecule has 1 spiro atoms. The maximum Gasteiger partial charge on any atom is 0.246 e. The summed E-state index contributed by atoms with van der Waals surface area (Å²) in [6.45, 7) is 4.96. The normalized spacial score (nSPS) is 27.6. The van der Waals surface area contributed by atoms with E-state index >= 15 is 0 Å². The first-order valence-electron chi connectivity index (χ1n) is 15.8. The van der Waals surface area contributed by atoms with Crippen LogP contribution in [0.1, 0.15) is 51.0 Å². The van der Waals surface area contributed by atoms with Crippen LogP contribution in [0.5, 0.6) is 0 Å². The maximum absolute atomic E-state index is 14.3. The van der Waals surface area contributed by atoms with E-state index in [4.69, 9.17) is 27.9 Å². The Bertz CT molecular complexity index is 1390. The van der Waals surface area contributed by atoms with Gasteiger partial charge in [0.2, 0.25) is 17.7 Å². The third kappa shape index (κ3) is 6.14. The van der Waals surface area contributed by atoms with E-state index in [0.717, 1.165) is 45.3 Å². The number of carbonyl (C=O) groups excluding carboxylic acids is 3. The minimum atomic E-state index is -1.19. The molecule has 3 aliphatic heterocycles. The molecule has 1 aliphatic carbocycles. The van der Waals surface area contributed by atoms with Crippen LogP contribution < -0.4 is 10.6 Å². The molecule has 3 heterocycles. The second-order valence-corrected chi connectivity index (χ2v) is 13.3. The predicted octanol–water partition coefficient (Wildman–Crippen LogP) is 5.44. The SMILES string of the molecule is CCN(CCCN1C(=O)[C@H]2[C@H](C(=O)Nc3cc(Cl)cc(Cl)c3)[C@H]3C=C[C@@]2(O3)[C@H]1C(=O)NC1CCCCC1)Cc1ccccc1. The molecule has 2 aromatic rings. The Hall–Kier alpha value is -2.91. The first-order chi connectivity index (χ1) is 21.3. The van der Waals surface area contributed by atoms with Crippen LogP contribution in [0, 0.1) is 11.8 Å². The Labute approximate surface area is 269 Å². The number of ether oxygens (including phenoxy) is 1. The first-order valence-corrected chi connectivity index (χ1v) is 16.6. The quantitative estimate of drug-likeness (QED) is 0.320. The molecule has 2 aromatic carbocycles. The average molecular weight is 640 g/mol. The topological polar surface area (TPSA) is 91.0 Å². The molecule has 8 nitrogen and oxygen atoms in total. The molecule has 10 heteroatoms. The minimum absolute atomic E-state index is 0.0827. The first kappa shape index (κ1) is 31.1. The van der Waals surface area contributed by atoms with Gasteiger partial charge < -0.3 is 20.3 Å². The second kappa shape index (κ2) is 13.2. The molecule has 3 fully saturated rings. The van der Waals surface area contributed by atoms with Crippen LogP contribution in [0.3, 0.4) is 0 Å². The molecule has 4 aliphatic rings. The van der Waals surface area contributed by atoms with Crippen LogP contribution in [0.25, 0.3) is 0 Å². The number of nitrogens with zero attached hydrogens (tertiary/aromatic N) is 2. The Morgan fingerprint density at radius 2 is 1.77 bits per heavy atom. The molecule has 2 N–H and O–H groups in total. The van der Waals surface area contributed by atoms with Gasteiger partial charge in [-0.25, -0.2) is 0 Å². The maximum atomic E-state index is 14.3. The zero-order valence-electron chi connectivity index (χ0n) is 25.0. The van der Waals surface area contributed by atoms with E-state index in [9.17, 15) is 14.4 Å². The molecule has 5 atom stereocenters. The van der Waals surface area contributed by atoms with Crippen molar-refractivity contribution in [2.45, 2.75) is 75.8 Å². The summed E-state index contributed by atoms with van der Waals surface area (Å²) in [6.07, 6.45) is 8.97. The molecule has 0 radical (unpaired) electrons.